The van der Waals surface area contributed by atoms with Crippen molar-refractivity contribution in [3.8, 4) is 5.75 Å². The summed E-state index contributed by atoms with van der Waals surface area (Å²) in [7, 11) is -4.61. The van der Waals surface area contributed by atoms with Gasteiger partial charge in [0, 0.05) is 32.3 Å². The molecule has 1 saturated heterocycles. The van der Waals surface area contributed by atoms with Crippen molar-refractivity contribution in [2.45, 2.75) is 32.1 Å². The van der Waals surface area contributed by atoms with E-state index in [4.69, 9.17) is 24.0 Å². The molecule has 1 aromatic carbocycles. The quantitative estimate of drug-likeness (QED) is 0.168. The van der Waals surface area contributed by atoms with Crippen molar-refractivity contribution in [1.82, 2.24) is 5.06 Å². The maximum atomic E-state index is 12.0. The van der Waals surface area contributed by atoms with Gasteiger partial charge in [-0.15, -0.1) is 5.06 Å². The van der Waals surface area contributed by atoms with Gasteiger partial charge in [0.1, 0.15) is 18.1 Å². The van der Waals surface area contributed by atoms with Gasteiger partial charge in [0.2, 0.25) is 0 Å². The minimum atomic E-state index is -4.61. The van der Waals surface area contributed by atoms with Gasteiger partial charge in [-0.25, -0.2) is 9.36 Å². The first-order valence-electron chi connectivity index (χ1n) is 10.8. The molecule has 0 saturated carbocycles. The second-order valence-corrected chi connectivity index (χ2v) is 8.53. The van der Waals surface area contributed by atoms with Crippen molar-refractivity contribution in [2.75, 3.05) is 39.6 Å². The molecular formula is C21H28NO12P. The van der Waals surface area contributed by atoms with E-state index in [9.17, 15) is 23.7 Å². The molecule has 2 N–H and O–H groups in total. The molecule has 14 heteroatoms. The number of amides is 2. The minimum Gasteiger partial charge on any atom is -0.404 e. The smallest absolute Gasteiger partial charge is 0.404 e. The average Bonchev–Trinajstić information content (AvgIpc) is 3.10. The van der Waals surface area contributed by atoms with E-state index in [1.807, 2.05) is 0 Å². The number of carbonyl (C=O) groups excluding carboxylic acids is 4. The van der Waals surface area contributed by atoms with Gasteiger partial charge in [0.25, 0.3) is 11.8 Å². The third-order valence-corrected chi connectivity index (χ3v) is 4.90. The standard InChI is InChI=1S/C21H28NO12P/c23-17(14-16-3-5-18(6-4-16)34-35(27,28)29)2-1-9-30-10-11-31-12-13-32-15-21(26)33-22-19(24)7-8-20(22)25/h3-6H,1-2,7-15H2,(H2,27,28,29). The van der Waals surface area contributed by atoms with E-state index in [0.717, 1.165) is 0 Å². The Morgan fingerprint density at radius 1 is 0.886 bits per heavy atom. The number of hydrogen-bond acceptors (Lipinski definition) is 10. The third kappa shape index (κ3) is 12.0. The number of hydrogen-bond donors (Lipinski definition) is 2. The Hall–Kier alpha value is -2.67. The van der Waals surface area contributed by atoms with Crippen LogP contribution < -0.4 is 4.52 Å². The lowest BCUT2D eigenvalue weighted by atomic mass is 10.1. The fraction of sp³-hybridized carbons (Fsp3) is 0.524. The minimum absolute atomic E-state index is 0.00245. The summed E-state index contributed by atoms with van der Waals surface area (Å²) in [4.78, 5) is 68.4. The summed E-state index contributed by atoms with van der Waals surface area (Å²) in [5, 5.41) is 0.456. The first-order chi connectivity index (χ1) is 16.6. The molecule has 1 aliphatic heterocycles. The molecule has 2 rings (SSSR count). The number of ether oxygens (including phenoxy) is 3. The number of rotatable bonds is 17. The fourth-order valence-electron chi connectivity index (χ4n) is 2.87. The summed E-state index contributed by atoms with van der Waals surface area (Å²) in [6.07, 6.45) is 1.09. The highest BCUT2D eigenvalue weighted by molar-refractivity contribution is 7.46. The summed E-state index contributed by atoms with van der Waals surface area (Å²) in [5.74, 6) is -1.94. The van der Waals surface area contributed by atoms with Crippen LogP contribution in [0.1, 0.15) is 31.2 Å². The number of ketones is 1. The van der Waals surface area contributed by atoms with Gasteiger partial charge >= 0.3 is 13.8 Å². The predicted molar refractivity (Wildman–Crippen MR) is 117 cm³/mol. The van der Waals surface area contributed by atoms with Crippen LogP contribution in [0.4, 0.5) is 0 Å². The molecule has 194 valence electrons. The molecule has 0 bridgehead atoms. The van der Waals surface area contributed by atoms with Gasteiger partial charge in [-0.2, -0.15) is 0 Å². The number of imide groups is 1. The van der Waals surface area contributed by atoms with Crippen LogP contribution in [-0.2, 0) is 49.2 Å². The molecule has 1 fully saturated rings. The summed E-state index contributed by atoms with van der Waals surface area (Å²) in [6.45, 7) is 0.876. The van der Waals surface area contributed by atoms with E-state index in [2.05, 4.69) is 9.36 Å². The van der Waals surface area contributed by atoms with Crippen LogP contribution in [0.5, 0.6) is 5.75 Å². The van der Waals surface area contributed by atoms with E-state index in [1.165, 1.54) is 12.1 Å². The Morgan fingerprint density at radius 3 is 2.06 bits per heavy atom. The number of phosphoric ester groups is 1. The fourth-order valence-corrected chi connectivity index (χ4v) is 3.27. The molecule has 2 amide bonds. The van der Waals surface area contributed by atoms with Crippen molar-refractivity contribution >= 4 is 31.4 Å². The van der Waals surface area contributed by atoms with Gasteiger partial charge in [0.05, 0.1) is 26.4 Å². The molecule has 0 atom stereocenters. The molecular weight excluding hydrogens is 489 g/mol. The van der Waals surface area contributed by atoms with Crippen LogP contribution in [0.3, 0.4) is 0 Å². The lowest BCUT2D eigenvalue weighted by molar-refractivity contribution is -0.200. The number of benzene rings is 1. The van der Waals surface area contributed by atoms with Crippen LogP contribution in [0, 0.1) is 0 Å². The molecule has 1 aromatic rings. The predicted octanol–water partition coefficient (Wildman–Crippen LogP) is 0.707. The van der Waals surface area contributed by atoms with E-state index in [0.29, 0.717) is 43.3 Å². The van der Waals surface area contributed by atoms with E-state index in [1.54, 1.807) is 12.1 Å². The maximum Gasteiger partial charge on any atom is 0.524 e. The Kier molecular flexibility index (Phi) is 12.0. The Morgan fingerprint density at radius 2 is 1.46 bits per heavy atom. The molecule has 0 spiro atoms. The van der Waals surface area contributed by atoms with Gasteiger partial charge in [-0.1, -0.05) is 12.1 Å². The molecule has 13 nitrogen and oxygen atoms in total. The highest BCUT2D eigenvalue weighted by Gasteiger charge is 2.32. The highest BCUT2D eigenvalue weighted by Crippen LogP contribution is 2.37. The summed E-state index contributed by atoms with van der Waals surface area (Å²) < 4.78 is 30.9. The van der Waals surface area contributed by atoms with Gasteiger partial charge in [-0.3, -0.25) is 24.2 Å². The zero-order valence-electron chi connectivity index (χ0n) is 19.0. The summed E-state index contributed by atoms with van der Waals surface area (Å²) in [5.41, 5.74) is 0.705. The molecule has 0 aromatic heterocycles. The second-order valence-electron chi connectivity index (χ2n) is 7.37. The Labute approximate surface area is 201 Å². The maximum absolute atomic E-state index is 12.0. The van der Waals surface area contributed by atoms with Crippen LogP contribution in [-0.4, -0.2) is 78.1 Å². The number of hydroxylamine groups is 2. The largest absolute Gasteiger partial charge is 0.524 e. The zero-order chi connectivity index (χ0) is 25.7. The average molecular weight is 517 g/mol. The van der Waals surface area contributed by atoms with Crippen LogP contribution in [0.25, 0.3) is 0 Å². The van der Waals surface area contributed by atoms with E-state index in [-0.39, 0.29) is 44.0 Å². The Bertz CT molecular complexity index is 897. The molecule has 0 unspecified atom stereocenters. The van der Waals surface area contributed by atoms with Gasteiger partial charge in [-0.05, 0) is 24.1 Å². The molecule has 1 aliphatic rings. The van der Waals surface area contributed by atoms with E-state index < -0.39 is 32.2 Å². The van der Waals surface area contributed by atoms with Crippen molar-refractivity contribution in [3.63, 3.8) is 0 Å². The number of Topliss-reactive ketones (excluding diaryl/α,β-unsaturated/α-hetero) is 1. The first kappa shape index (κ1) is 28.6. The number of nitrogens with zero attached hydrogens (tertiary/aromatic N) is 1. The van der Waals surface area contributed by atoms with Crippen molar-refractivity contribution in [3.05, 3.63) is 29.8 Å². The van der Waals surface area contributed by atoms with Gasteiger partial charge in [0.15, 0.2) is 0 Å². The van der Waals surface area contributed by atoms with Crippen LogP contribution in [0.15, 0.2) is 24.3 Å². The van der Waals surface area contributed by atoms with Crippen LogP contribution >= 0.6 is 7.82 Å². The molecule has 35 heavy (non-hydrogen) atoms. The SMILES string of the molecule is O=C(CCCOCCOCCOCC(=O)ON1C(=O)CCC1=O)Cc1ccc(OP(=O)(O)O)cc1. The third-order valence-electron chi connectivity index (χ3n) is 4.46. The highest BCUT2D eigenvalue weighted by atomic mass is 31.2. The van der Waals surface area contributed by atoms with Gasteiger partial charge < -0.3 is 23.6 Å². The second kappa shape index (κ2) is 14.7. The lowest BCUT2D eigenvalue weighted by Gasteiger charge is -2.12. The summed E-state index contributed by atoms with van der Waals surface area (Å²) in [6, 6.07) is 5.92. The lowest BCUT2D eigenvalue weighted by Crippen LogP contribution is -2.33. The Balaban J connectivity index is 1.41. The monoisotopic (exact) mass is 517 g/mol. The number of phosphoric acid groups is 1. The van der Waals surface area contributed by atoms with Crippen molar-refractivity contribution in [2.24, 2.45) is 0 Å². The molecule has 1 heterocycles. The van der Waals surface area contributed by atoms with E-state index >= 15 is 0 Å². The van der Waals surface area contributed by atoms with Crippen molar-refractivity contribution in [1.29, 1.82) is 0 Å². The van der Waals surface area contributed by atoms with Crippen LogP contribution in [0.2, 0.25) is 0 Å². The topological polar surface area (TPSA) is 175 Å². The molecule has 0 aliphatic carbocycles. The normalized spacial score (nSPS) is 13.8. The summed E-state index contributed by atoms with van der Waals surface area (Å²) >= 11 is 0. The number of carbonyl (C=O) groups is 4. The zero-order valence-corrected chi connectivity index (χ0v) is 19.9. The first-order valence-corrected chi connectivity index (χ1v) is 12.3. The van der Waals surface area contributed by atoms with Crippen molar-refractivity contribution < 1.29 is 57.1 Å². The molecule has 0 radical (unpaired) electrons.